The van der Waals surface area contributed by atoms with Crippen LogP contribution >= 0.6 is 22.7 Å². The third-order valence-corrected chi connectivity index (χ3v) is 6.78. The van der Waals surface area contributed by atoms with Crippen molar-refractivity contribution in [2.24, 2.45) is 0 Å². The lowest BCUT2D eigenvalue weighted by atomic mass is 10.4. The first-order chi connectivity index (χ1) is 12.2. The van der Waals surface area contributed by atoms with E-state index in [0.717, 1.165) is 0 Å². The van der Waals surface area contributed by atoms with E-state index >= 15 is 0 Å². The Kier molecular flexibility index (Phi) is 5.20. The minimum atomic E-state index is -4.44. The maximum absolute atomic E-state index is 12.4. The Bertz CT molecular complexity index is 986. The van der Waals surface area contributed by atoms with Crippen molar-refractivity contribution < 1.29 is 21.6 Å². The quantitative estimate of drug-likeness (QED) is 0.653. The predicted octanol–water partition coefficient (Wildman–Crippen LogP) is 3.00. The highest BCUT2D eigenvalue weighted by atomic mass is 32.2. The average molecular weight is 421 g/mol. The standard InChI is InChI=1S/C13H10F3N5O2S3/c14-13(15,16)7-18-11-20-21-12(25-11)26(22,23)6-8-5-24-10(19-8)9-3-1-2-4-17-9/h1-5H,6-7H2,(H,18,20). The Morgan fingerprint density at radius 2 is 2.00 bits per heavy atom. The second-order valence-corrected chi connectivity index (χ2v) is 8.96. The third-order valence-electron chi connectivity index (χ3n) is 2.89. The van der Waals surface area contributed by atoms with Crippen LogP contribution in [0.1, 0.15) is 5.69 Å². The summed E-state index contributed by atoms with van der Waals surface area (Å²) in [6.45, 7) is -1.32. The van der Waals surface area contributed by atoms with Gasteiger partial charge in [-0.15, -0.1) is 21.5 Å². The summed E-state index contributed by atoms with van der Waals surface area (Å²) in [5.41, 5.74) is 0.923. The van der Waals surface area contributed by atoms with E-state index in [2.05, 4.69) is 20.2 Å². The molecule has 0 saturated carbocycles. The van der Waals surface area contributed by atoms with Crippen molar-refractivity contribution >= 4 is 37.6 Å². The van der Waals surface area contributed by atoms with Gasteiger partial charge in [-0.2, -0.15) is 13.2 Å². The van der Waals surface area contributed by atoms with E-state index in [1.165, 1.54) is 11.3 Å². The molecule has 7 nitrogen and oxygen atoms in total. The number of alkyl halides is 3. The first-order valence-corrected chi connectivity index (χ1v) is 10.3. The number of pyridine rings is 1. The summed E-state index contributed by atoms with van der Waals surface area (Å²) in [7, 11) is -3.87. The molecule has 0 saturated heterocycles. The lowest BCUT2D eigenvalue weighted by molar-refractivity contribution is -0.115. The number of anilines is 1. The topological polar surface area (TPSA) is 97.7 Å². The zero-order chi connectivity index (χ0) is 18.8. The molecule has 1 N–H and O–H groups in total. The molecule has 13 heteroatoms. The molecule has 0 atom stereocenters. The van der Waals surface area contributed by atoms with Crippen molar-refractivity contribution in [1.29, 1.82) is 0 Å². The van der Waals surface area contributed by atoms with Gasteiger partial charge in [0.15, 0.2) is 0 Å². The van der Waals surface area contributed by atoms with E-state index < -0.39 is 28.3 Å². The van der Waals surface area contributed by atoms with Gasteiger partial charge in [0.2, 0.25) is 19.3 Å². The van der Waals surface area contributed by atoms with Crippen LogP contribution < -0.4 is 5.32 Å². The van der Waals surface area contributed by atoms with Crippen molar-refractivity contribution in [3.05, 3.63) is 35.5 Å². The van der Waals surface area contributed by atoms with E-state index in [0.29, 0.717) is 27.7 Å². The van der Waals surface area contributed by atoms with E-state index in [1.54, 1.807) is 29.8 Å². The molecule has 0 aliphatic heterocycles. The minimum absolute atomic E-state index is 0.214. The summed E-state index contributed by atoms with van der Waals surface area (Å²) in [5.74, 6) is -0.426. The SMILES string of the molecule is O=S(=O)(Cc1csc(-c2ccccn2)n1)c1nnc(NCC(F)(F)F)s1. The van der Waals surface area contributed by atoms with Gasteiger partial charge < -0.3 is 5.32 Å². The molecule has 3 aromatic rings. The number of nitrogens with zero attached hydrogens (tertiary/aromatic N) is 4. The molecule has 0 amide bonds. The molecule has 3 rings (SSSR count). The zero-order valence-electron chi connectivity index (χ0n) is 12.8. The summed E-state index contributed by atoms with van der Waals surface area (Å²) in [6.07, 6.45) is -2.84. The van der Waals surface area contributed by atoms with Crippen molar-refractivity contribution in [3.63, 3.8) is 0 Å². The largest absolute Gasteiger partial charge is 0.405 e. The first-order valence-electron chi connectivity index (χ1n) is 6.96. The number of rotatable bonds is 6. The Morgan fingerprint density at radius 1 is 1.19 bits per heavy atom. The average Bonchev–Trinajstić information content (AvgIpc) is 3.22. The first kappa shape index (κ1) is 18.7. The second kappa shape index (κ2) is 7.25. The van der Waals surface area contributed by atoms with Gasteiger partial charge in [0, 0.05) is 11.6 Å². The molecule has 0 fully saturated rings. The van der Waals surface area contributed by atoms with E-state index in [1.807, 2.05) is 5.32 Å². The zero-order valence-corrected chi connectivity index (χ0v) is 15.2. The number of sulfone groups is 1. The molecule has 3 aromatic heterocycles. The summed E-state index contributed by atoms with van der Waals surface area (Å²) >= 11 is 1.79. The molecule has 138 valence electrons. The van der Waals surface area contributed by atoms with Crippen LogP contribution in [0, 0.1) is 0 Å². The molecule has 0 unspecified atom stereocenters. The predicted molar refractivity (Wildman–Crippen MR) is 90.7 cm³/mol. The van der Waals surface area contributed by atoms with Crippen LogP contribution in [-0.4, -0.2) is 41.3 Å². The molecule has 0 spiro atoms. The van der Waals surface area contributed by atoms with Crippen LogP contribution in [0.2, 0.25) is 0 Å². The minimum Gasteiger partial charge on any atom is -0.351 e. The van der Waals surface area contributed by atoms with Crippen LogP contribution in [0.3, 0.4) is 0 Å². The molecular weight excluding hydrogens is 411 g/mol. The van der Waals surface area contributed by atoms with Crippen molar-refractivity contribution in [3.8, 4) is 10.7 Å². The lowest BCUT2D eigenvalue weighted by Crippen LogP contribution is -2.21. The summed E-state index contributed by atoms with van der Waals surface area (Å²) in [4.78, 5) is 8.37. The second-order valence-electron chi connectivity index (χ2n) is 4.96. The summed E-state index contributed by atoms with van der Waals surface area (Å²) in [5, 5.41) is 10.8. The Balaban J connectivity index is 1.72. The molecule has 0 bridgehead atoms. The lowest BCUT2D eigenvalue weighted by Gasteiger charge is -2.05. The molecule has 26 heavy (non-hydrogen) atoms. The molecule has 0 radical (unpaired) electrons. The van der Waals surface area contributed by atoms with Gasteiger partial charge in [-0.1, -0.05) is 17.4 Å². The molecule has 0 aromatic carbocycles. The summed E-state index contributed by atoms with van der Waals surface area (Å²) < 4.78 is 60.9. The van der Waals surface area contributed by atoms with Crippen LogP contribution in [0.25, 0.3) is 10.7 Å². The highest BCUT2D eigenvalue weighted by Crippen LogP contribution is 2.27. The van der Waals surface area contributed by atoms with Gasteiger partial charge in [0.25, 0.3) is 0 Å². The van der Waals surface area contributed by atoms with Gasteiger partial charge >= 0.3 is 6.18 Å². The maximum atomic E-state index is 12.4. The van der Waals surface area contributed by atoms with Crippen LogP contribution in [-0.2, 0) is 15.6 Å². The highest BCUT2D eigenvalue weighted by molar-refractivity contribution is 7.92. The number of nitrogens with one attached hydrogen (secondary N) is 1. The van der Waals surface area contributed by atoms with Gasteiger partial charge in [-0.05, 0) is 12.1 Å². The van der Waals surface area contributed by atoms with Gasteiger partial charge in [0.1, 0.15) is 17.3 Å². The number of aromatic nitrogens is 4. The van der Waals surface area contributed by atoms with Crippen LogP contribution in [0.5, 0.6) is 0 Å². The number of halogens is 3. The Hall–Kier alpha value is -2.12. The van der Waals surface area contributed by atoms with Crippen LogP contribution in [0.15, 0.2) is 34.1 Å². The Labute approximate surface area is 153 Å². The number of hydrogen-bond acceptors (Lipinski definition) is 9. The van der Waals surface area contributed by atoms with E-state index in [4.69, 9.17) is 0 Å². The van der Waals surface area contributed by atoms with E-state index in [-0.39, 0.29) is 9.47 Å². The van der Waals surface area contributed by atoms with Gasteiger partial charge in [-0.3, -0.25) is 4.98 Å². The number of thiazole rings is 1. The fraction of sp³-hybridized carbons (Fsp3) is 0.231. The molecule has 0 aliphatic carbocycles. The monoisotopic (exact) mass is 421 g/mol. The fourth-order valence-corrected chi connectivity index (χ4v) is 4.94. The number of hydrogen-bond donors (Lipinski definition) is 1. The molecule has 0 aliphatic rings. The van der Waals surface area contributed by atoms with Gasteiger partial charge in [-0.25, -0.2) is 13.4 Å². The van der Waals surface area contributed by atoms with Crippen molar-refractivity contribution in [2.45, 2.75) is 16.3 Å². The van der Waals surface area contributed by atoms with Crippen molar-refractivity contribution in [1.82, 2.24) is 20.2 Å². The molecular formula is C13H10F3N5O2S3. The maximum Gasteiger partial charge on any atom is 0.405 e. The fourth-order valence-electron chi connectivity index (χ4n) is 1.82. The van der Waals surface area contributed by atoms with Crippen molar-refractivity contribution in [2.75, 3.05) is 11.9 Å². The van der Waals surface area contributed by atoms with Gasteiger partial charge in [0.05, 0.1) is 11.4 Å². The highest BCUT2D eigenvalue weighted by Gasteiger charge is 2.28. The van der Waals surface area contributed by atoms with E-state index in [9.17, 15) is 21.6 Å². The summed E-state index contributed by atoms with van der Waals surface area (Å²) in [6, 6.07) is 5.29. The third kappa shape index (κ3) is 4.74. The molecule has 3 heterocycles. The smallest absolute Gasteiger partial charge is 0.351 e. The Morgan fingerprint density at radius 3 is 2.69 bits per heavy atom. The normalized spacial score (nSPS) is 12.3. The van der Waals surface area contributed by atoms with Crippen LogP contribution in [0.4, 0.5) is 18.3 Å².